The van der Waals surface area contributed by atoms with E-state index >= 15 is 0 Å². The Morgan fingerprint density at radius 2 is 2.00 bits per heavy atom. The van der Waals surface area contributed by atoms with Gasteiger partial charge in [0.2, 0.25) is 5.96 Å². The van der Waals surface area contributed by atoms with Crippen molar-refractivity contribution in [2.24, 2.45) is 10.1 Å². The van der Waals surface area contributed by atoms with Gasteiger partial charge in [-0.05, 0) is 23.8 Å². The maximum atomic E-state index is 11.9. The van der Waals surface area contributed by atoms with E-state index in [-0.39, 0.29) is 11.7 Å². The first-order chi connectivity index (χ1) is 12.4. The van der Waals surface area contributed by atoms with Gasteiger partial charge in [-0.2, -0.15) is 5.10 Å². The van der Waals surface area contributed by atoms with Gasteiger partial charge in [-0.3, -0.25) is 10.1 Å². The number of aliphatic hydroxyl groups excluding tert-OH is 4. The Labute approximate surface area is 149 Å². The molecule has 140 valence electrons. The smallest absolute Gasteiger partial charge is 0.276 e. The van der Waals surface area contributed by atoms with Gasteiger partial charge in [0.15, 0.2) is 0 Å². The molecule has 1 amide bonds. The number of aliphatic imine (C=N–C) groups is 1. The topological polar surface area (TPSA) is 156 Å². The lowest BCUT2D eigenvalue weighted by atomic mass is 10.1. The van der Waals surface area contributed by atoms with Crippen LogP contribution in [0, 0.1) is 0 Å². The average Bonchev–Trinajstić information content (AvgIpc) is 3.00. The summed E-state index contributed by atoms with van der Waals surface area (Å²) >= 11 is 0. The minimum atomic E-state index is -1.60. The molecule has 6 N–H and O–H groups in total. The number of methoxy groups -OCH3 is 1. The van der Waals surface area contributed by atoms with E-state index < -0.39 is 30.8 Å². The van der Waals surface area contributed by atoms with E-state index in [9.17, 15) is 20.1 Å². The summed E-state index contributed by atoms with van der Waals surface area (Å²) in [6.45, 7) is -0.707. The van der Waals surface area contributed by atoms with Gasteiger partial charge < -0.3 is 25.2 Å². The SMILES string of the molecule is COc1ccc(/C=C2\N=C(NN=C[C@H](O)[C@@H](O)[C@H](O)CO)NC2=O)cc1. The summed E-state index contributed by atoms with van der Waals surface area (Å²) in [5.74, 6) is 0.292. The van der Waals surface area contributed by atoms with Crippen molar-refractivity contribution in [3.8, 4) is 5.75 Å². The van der Waals surface area contributed by atoms with Gasteiger partial charge in [-0.25, -0.2) is 10.4 Å². The number of aliphatic hydroxyl groups is 4. The van der Waals surface area contributed by atoms with Gasteiger partial charge in [0.05, 0.1) is 19.9 Å². The quantitative estimate of drug-likeness (QED) is 0.189. The van der Waals surface area contributed by atoms with Crippen molar-refractivity contribution in [2.45, 2.75) is 18.3 Å². The summed E-state index contributed by atoms with van der Waals surface area (Å²) in [5, 5.41) is 43.0. The summed E-state index contributed by atoms with van der Waals surface area (Å²) in [6.07, 6.45) is -2.14. The third-order valence-electron chi connectivity index (χ3n) is 3.44. The summed E-state index contributed by atoms with van der Waals surface area (Å²) < 4.78 is 5.06. The molecule has 1 aromatic rings. The zero-order valence-electron chi connectivity index (χ0n) is 13.9. The van der Waals surface area contributed by atoms with E-state index in [0.717, 1.165) is 11.8 Å². The lowest BCUT2D eigenvalue weighted by molar-refractivity contribution is -0.115. The normalized spacial score (nSPS) is 19.2. The van der Waals surface area contributed by atoms with Crippen LogP contribution < -0.4 is 15.5 Å². The van der Waals surface area contributed by atoms with Gasteiger partial charge >= 0.3 is 0 Å². The summed E-state index contributed by atoms with van der Waals surface area (Å²) in [6, 6.07) is 7.03. The first kappa shape index (κ1) is 19.5. The van der Waals surface area contributed by atoms with Crippen LogP contribution >= 0.6 is 0 Å². The number of rotatable bonds is 7. The molecule has 1 heterocycles. The van der Waals surface area contributed by atoms with Crippen molar-refractivity contribution in [1.29, 1.82) is 0 Å². The number of carbonyl (C=O) groups is 1. The summed E-state index contributed by atoms with van der Waals surface area (Å²) in [7, 11) is 1.56. The average molecular weight is 364 g/mol. The van der Waals surface area contributed by atoms with Crippen LogP contribution in [-0.2, 0) is 4.79 Å². The van der Waals surface area contributed by atoms with E-state index in [1.807, 2.05) is 0 Å². The van der Waals surface area contributed by atoms with Crippen molar-refractivity contribution < 1.29 is 30.0 Å². The molecular weight excluding hydrogens is 344 g/mol. The fourth-order valence-electron chi connectivity index (χ4n) is 1.98. The third kappa shape index (κ3) is 5.10. The van der Waals surface area contributed by atoms with Crippen molar-refractivity contribution in [2.75, 3.05) is 13.7 Å². The largest absolute Gasteiger partial charge is 0.497 e. The van der Waals surface area contributed by atoms with Crippen molar-refractivity contribution >= 4 is 24.2 Å². The molecular formula is C16H20N4O6. The number of amides is 1. The minimum Gasteiger partial charge on any atom is -0.497 e. The molecule has 0 aliphatic carbocycles. The van der Waals surface area contributed by atoms with Gasteiger partial charge in [-0.15, -0.1) is 0 Å². The Bertz CT molecular complexity index is 716. The maximum absolute atomic E-state index is 11.9. The van der Waals surface area contributed by atoms with Crippen molar-refractivity contribution in [1.82, 2.24) is 10.7 Å². The van der Waals surface area contributed by atoms with E-state index in [2.05, 4.69) is 20.8 Å². The Morgan fingerprint density at radius 1 is 1.31 bits per heavy atom. The molecule has 26 heavy (non-hydrogen) atoms. The van der Waals surface area contributed by atoms with E-state index in [0.29, 0.717) is 5.75 Å². The second kappa shape index (κ2) is 9.06. The van der Waals surface area contributed by atoms with Crippen molar-refractivity contribution in [3.05, 3.63) is 35.5 Å². The molecule has 0 aromatic heterocycles. The minimum absolute atomic E-state index is 0.0374. The predicted octanol–water partition coefficient (Wildman–Crippen LogP) is -1.83. The third-order valence-corrected chi connectivity index (χ3v) is 3.44. The maximum Gasteiger partial charge on any atom is 0.276 e. The van der Waals surface area contributed by atoms with Crippen LogP contribution in [0.4, 0.5) is 0 Å². The second-order valence-corrected chi connectivity index (χ2v) is 5.34. The molecule has 0 spiro atoms. The Morgan fingerprint density at radius 3 is 2.62 bits per heavy atom. The summed E-state index contributed by atoms with van der Waals surface area (Å²) in [5.41, 5.74) is 3.31. The van der Waals surface area contributed by atoms with E-state index in [4.69, 9.17) is 9.84 Å². The fourth-order valence-corrected chi connectivity index (χ4v) is 1.98. The fraction of sp³-hybridized carbons (Fsp3) is 0.312. The van der Waals surface area contributed by atoms with Crippen LogP contribution in [0.2, 0.25) is 0 Å². The number of nitrogens with one attached hydrogen (secondary N) is 2. The molecule has 10 heteroatoms. The Balaban J connectivity index is 1.98. The van der Waals surface area contributed by atoms with Crippen LogP contribution in [0.25, 0.3) is 6.08 Å². The number of benzene rings is 1. The first-order valence-electron chi connectivity index (χ1n) is 7.64. The highest BCUT2D eigenvalue weighted by Crippen LogP contribution is 2.15. The molecule has 10 nitrogen and oxygen atoms in total. The predicted molar refractivity (Wildman–Crippen MR) is 93.3 cm³/mol. The van der Waals surface area contributed by atoms with Crippen molar-refractivity contribution in [3.63, 3.8) is 0 Å². The van der Waals surface area contributed by atoms with Crippen LogP contribution in [0.15, 0.2) is 40.1 Å². The van der Waals surface area contributed by atoms with Crippen LogP contribution in [-0.4, -0.2) is 70.5 Å². The van der Waals surface area contributed by atoms with Gasteiger partial charge in [0.1, 0.15) is 29.8 Å². The molecule has 0 fully saturated rings. The molecule has 3 atom stereocenters. The molecule has 2 rings (SSSR count). The zero-order chi connectivity index (χ0) is 19.1. The Hall–Kier alpha value is -2.79. The number of ether oxygens (including phenoxy) is 1. The van der Waals surface area contributed by atoms with E-state index in [1.54, 1.807) is 37.5 Å². The molecule has 1 aromatic carbocycles. The standard InChI is InChI=1S/C16H20N4O6/c1-26-10-4-2-9(3-5-10)6-11-15(25)19-16(18-11)20-17-7-12(22)14(24)13(23)8-21/h2-7,12-14,21-24H,8H2,1H3,(H2,18,19,20,25)/b11-6-,17-7?/t12-,13+,14+/m0/s1. The molecule has 0 bridgehead atoms. The zero-order valence-corrected chi connectivity index (χ0v) is 13.9. The highest BCUT2D eigenvalue weighted by atomic mass is 16.5. The van der Waals surface area contributed by atoms with Gasteiger partial charge in [-0.1, -0.05) is 12.1 Å². The molecule has 0 radical (unpaired) electrons. The lowest BCUT2D eigenvalue weighted by Gasteiger charge is -2.17. The summed E-state index contributed by atoms with van der Waals surface area (Å²) in [4.78, 5) is 15.9. The molecule has 1 aliphatic heterocycles. The number of hydrazone groups is 1. The highest BCUT2D eigenvalue weighted by molar-refractivity contribution is 6.13. The van der Waals surface area contributed by atoms with Gasteiger partial charge in [0.25, 0.3) is 5.91 Å². The molecule has 0 saturated carbocycles. The first-order valence-corrected chi connectivity index (χ1v) is 7.64. The number of hydrogen-bond acceptors (Lipinski definition) is 9. The molecule has 0 saturated heterocycles. The van der Waals surface area contributed by atoms with Crippen LogP contribution in [0.5, 0.6) is 5.75 Å². The Kier molecular flexibility index (Phi) is 6.81. The highest BCUT2D eigenvalue weighted by Gasteiger charge is 2.23. The number of guanidine groups is 1. The molecule has 0 unspecified atom stereocenters. The van der Waals surface area contributed by atoms with Crippen LogP contribution in [0.3, 0.4) is 0 Å². The molecule has 1 aliphatic rings. The number of carbonyl (C=O) groups excluding carboxylic acids is 1. The lowest BCUT2D eigenvalue weighted by Crippen LogP contribution is -2.41. The second-order valence-electron chi connectivity index (χ2n) is 5.34. The number of nitrogens with zero attached hydrogens (tertiary/aromatic N) is 2. The van der Waals surface area contributed by atoms with Gasteiger partial charge in [0, 0.05) is 0 Å². The van der Waals surface area contributed by atoms with Crippen LogP contribution in [0.1, 0.15) is 5.56 Å². The number of hydrogen-bond donors (Lipinski definition) is 6. The van der Waals surface area contributed by atoms with E-state index in [1.165, 1.54) is 0 Å². The monoisotopic (exact) mass is 364 g/mol.